The molecule has 0 saturated heterocycles. The van der Waals surface area contributed by atoms with E-state index in [1.54, 1.807) is 0 Å². The second-order valence-electron chi connectivity index (χ2n) is 5.40. The molecular weight excluding hydrogens is 268 g/mol. The molecule has 0 fully saturated rings. The van der Waals surface area contributed by atoms with Gasteiger partial charge in [-0.3, -0.25) is 0 Å². The summed E-state index contributed by atoms with van der Waals surface area (Å²) in [6.07, 6.45) is 7.61. The van der Waals surface area contributed by atoms with Crippen molar-refractivity contribution in [1.29, 1.82) is 0 Å². The summed E-state index contributed by atoms with van der Waals surface area (Å²) in [5, 5.41) is 0.681. The zero-order chi connectivity index (χ0) is 13.8. The van der Waals surface area contributed by atoms with Gasteiger partial charge in [-0.05, 0) is 37.7 Å². The highest BCUT2D eigenvalue weighted by atomic mass is 35.5. The maximum absolute atomic E-state index is 6.35. The summed E-state index contributed by atoms with van der Waals surface area (Å²) in [4.78, 5) is 9.25. The van der Waals surface area contributed by atoms with Gasteiger partial charge in [0.05, 0.1) is 0 Å². The highest BCUT2D eigenvalue weighted by Crippen LogP contribution is 2.24. The van der Waals surface area contributed by atoms with E-state index in [1.165, 1.54) is 36.1 Å². The lowest BCUT2D eigenvalue weighted by Gasteiger charge is -2.09. The molecule has 0 amide bonds. The Morgan fingerprint density at radius 1 is 0.900 bits per heavy atom. The topological polar surface area (TPSA) is 25.8 Å². The molecule has 1 aromatic heterocycles. The maximum Gasteiger partial charge on any atom is 0.136 e. The normalized spacial score (nSPS) is 14.7. The van der Waals surface area contributed by atoms with E-state index in [9.17, 15) is 0 Å². The SMILES string of the molecule is Clc1nc(CCc2ccccc2)nc2c1CCCCC2. The van der Waals surface area contributed by atoms with Gasteiger partial charge in [0.15, 0.2) is 0 Å². The molecule has 104 valence electrons. The van der Waals surface area contributed by atoms with Crippen LogP contribution in [0.4, 0.5) is 0 Å². The van der Waals surface area contributed by atoms with Gasteiger partial charge in [-0.15, -0.1) is 0 Å². The highest BCUT2D eigenvalue weighted by molar-refractivity contribution is 6.30. The number of benzene rings is 1. The Kier molecular flexibility index (Phi) is 4.31. The molecule has 0 aliphatic heterocycles. The minimum absolute atomic E-state index is 0.681. The largest absolute Gasteiger partial charge is 0.238 e. The molecule has 2 nitrogen and oxygen atoms in total. The van der Waals surface area contributed by atoms with E-state index in [2.05, 4.69) is 29.2 Å². The minimum Gasteiger partial charge on any atom is -0.238 e. The van der Waals surface area contributed by atoms with Crippen LogP contribution in [0.5, 0.6) is 0 Å². The first-order valence-corrected chi connectivity index (χ1v) is 7.79. The van der Waals surface area contributed by atoms with Crippen LogP contribution in [0.3, 0.4) is 0 Å². The molecule has 1 aliphatic carbocycles. The minimum atomic E-state index is 0.681. The molecule has 0 radical (unpaired) electrons. The van der Waals surface area contributed by atoms with E-state index in [-0.39, 0.29) is 0 Å². The van der Waals surface area contributed by atoms with Gasteiger partial charge < -0.3 is 0 Å². The monoisotopic (exact) mass is 286 g/mol. The van der Waals surface area contributed by atoms with Crippen LogP contribution >= 0.6 is 11.6 Å². The van der Waals surface area contributed by atoms with Crippen LogP contribution in [0.15, 0.2) is 30.3 Å². The van der Waals surface area contributed by atoms with Crippen LogP contribution in [-0.4, -0.2) is 9.97 Å². The van der Waals surface area contributed by atoms with Crippen LogP contribution in [0.1, 0.15) is 41.9 Å². The molecule has 0 spiro atoms. The highest BCUT2D eigenvalue weighted by Gasteiger charge is 2.15. The molecule has 0 bridgehead atoms. The molecule has 3 rings (SSSR count). The second-order valence-corrected chi connectivity index (χ2v) is 5.76. The van der Waals surface area contributed by atoms with E-state index in [0.29, 0.717) is 5.15 Å². The van der Waals surface area contributed by atoms with E-state index >= 15 is 0 Å². The quantitative estimate of drug-likeness (QED) is 0.625. The number of hydrogen-bond acceptors (Lipinski definition) is 2. The first-order chi connectivity index (χ1) is 9.83. The lowest BCUT2D eigenvalue weighted by Crippen LogP contribution is -2.06. The van der Waals surface area contributed by atoms with Crippen LogP contribution in [-0.2, 0) is 25.7 Å². The Labute approximate surface area is 125 Å². The molecule has 0 N–H and O–H groups in total. The Bertz CT molecular complexity index is 581. The summed E-state index contributed by atoms with van der Waals surface area (Å²) < 4.78 is 0. The van der Waals surface area contributed by atoms with Gasteiger partial charge in [0, 0.05) is 17.7 Å². The van der Waals surface area contributed by atoms with Crippen molar-refractivity contribution in [3.63, 3.8) is 0 Å². The number of aromatic nitrogens is 2. The fourth-order valence-corrected chi connectivity index (χ4v) is 3.09. The van der Waals surface area contributed by atoms with Crippen molar-refractivity contribution in [2.24, 2.45) is 0 Å². The molecule has 1 heterocycles. The summed E-state index contributed by atoms with van der Waals surface area (Å²) >= 11 is 6.35. The smallest absolute Gasteiger partial charge is 0.136 e. The Morgan fingerprint density at radius 2 is 1.70 bits per heavy atom. The van der Waals surface area contributed by atoms with E-state index < -0.39 is 0 Å². The zero-order valence-electron chi connectivity index (χ0n) is 11.6. The molecule has 0 saturated carbocycles. The summed E-state index contributed by atoms with van der Waals surface area (Å²) in [6.45, 7) is 0. The Hall–Kier alpha value is -1.41. The van der Waals surface area contributed by atoms with Gasteiger partial charge in [-0.1, -0.05) is 48.4 Å². The molecule has 20 heavy (non-hydrogen) atoms. The van der Waals surface area contributed by atoms with Gasteiger partial charge in [-0.25, -0.2) is 9.97 Å². The number of rotatable bonds is 3. The van der Waals surface area contributed by atoms with Crippen molar-refractivity contribution in [3.05, 3.63) is 58.1 Å². The van der Waals surface area contributed by atoms with Crippen molar-refractivity contribution in [1.82, 2.24) is 9.97 Å². The van der Waals surface area contributed by atoms with Gasteiger partial charge in [0.2, 0.25) is 0 Å². The Balaban J connectivity index is 1.77. The van der Waals surface area contributed by atoms with Crippen molar-refractivity contribution in [2.45, 2.75) is 44.9 Å². The third-order valence-electron chi connectivity index (χ3n) is 3.91. The van der Waals surface area contributed by atoms with E-state index in [1.807, 2.05) is 6.07 Å². The average molecular weight is 287 g/mol. The van der Waals surface area contributed by atoms with Crippen molar-refractivity contribution in [2.75, 3.05) is 0 Å². The molecule has 0 atom stereocenters. The van der Waals surface area contributed by atoms with Gasteiger partial charge in [-0.2, -0.15) is 0 Å². The molecular formula is C17H19ClN2. The van der Waals surface area contributed by atoms with Gasteiger partial charge in [0.1, 0.15) is 11.0 Å². The van der Waals surface area contributed by atoms with Crippen LogP contribution in [0.2, 0.25) is 5.15 Å². The first-order valence-electron chi connectivity index (χ1n) is 7.41. The van der Waals surface area contributed by atoms with Crippen LogP contribution in [0, 0.1) is 0 Å². The molecule has 0 unspecified atom stereocenters. The standard InChI is InChI=1S/C17H19ClN2/c18-17-14-9-5-2-6-10-15(14)19-16(20-17)12-11-13-7-3-1-4-8-13/h1,3-4,7-8H,2,5-6,9-12H2. The lowest BCUT2D eigenvalue weighted by molar-refractivity contribution is 0.707. The zero-order valence-corrected chi connectivity index (χ0v) is 12.4. The molecule has 3 heteroatoms. The fraction of sp³-hybridized carbons (Fsp3) is 0.412. The number of nitrogens with zero attached hydrogens (tertiary/aromatic N) is 2. The predicted octanol–water partition coefficient (Wildman–Crippen LogP) is 4.18. The molecule has 1 aliphatic rings. The van der Waals surface area contributed by atoms with E-state index in [0.717, 1.165) is 31.5 Å². The molecule has 1 aromatic carbocycles. The lowest BCUT2D eigenvalue weighted by atomic mass is 10.1. The van der Waals surface area contributed by atoms with Crippen molar-refractivity contribution >= 4 is 11.6 Å². The van der Waals surface area contributed by atoms with Crippen LogP contribution in [0.25, 0.3) is 0 Å². The van der Waals surface area contributed by atoms with Gasteiger partial charge >= 0.3 is 0 Å². The summed E-state index contributed by atoms with van der Waals surface area (Å²) in [7, 11) is 0. The number of halogens is 1. The fourth-order valence-electron chi connectivity index (χ4n) is 2.79. The van der Waals surface area contributed by atoms with Gasteiger partial charge in [0.25, 0.3) is 0 Å². The first kappa shape index (κ1) is 13.6. The van der Waals surface area contributed by atoms with Crippen LogP contribution < -0.4 is 0 Å². The van der Waals surface area contributed by atoms with Crippen molar-refractivity contribution < 1.29 is 0 Å². The third kappa shape index (κ3) is 3.18. The summed E-state index contributed by atoms with van der Waals surface area (Å²) in [5.41, 5.74) is 3.69. The second kappa shape index (κ2) is 6.36. The number of fused-ring (bicyclic) bond motifs is 1. The molecule has 2 aromatic rings. The number of aryl methyl sites for hydroxylation is 3. The average Bonchev–Trinajstić information content (AvgIpc) is 2.72. The summed E-state index contributed by atoms with van der Waals surface area (Å²) in [5.74, 6) is 0.888. The Morgan fingerprint density at radius 3 is 2.55 bits per heavy atom. The number of hydrogen-bond donors (Lipinski definition) is 0. The third-order valence-corrected chi connectivity index (χ3v) is 4.22. The predicted molar refractivity (Wildman–Crippen MR) is 82.2 cm³/mol. The summed E-state index contributed by atoms with van der Waals surface area (Å²) in [6, 6.07) is 10.5. The van der Waals surface area contributed by atoms with Crippen molar-refractivity contribution in [3.8, 4) is 0 Å². The van der Waals surface area contributed by atoms with E-state index in [4.69, 9.17) is 16.6 Å². The maximum atomic E-state index is 6.35.